The molecular weight excluding hydrogens is 1130 g/mol. The standard InChI is InChI=1S/C79H133N3O9/c1-7-13-19-25-31-37-43-59-86-71-52-49-68(65-74(71)89-62-46-40-34-28-22-16-10-4)77(83)80-55-57-82(79(85)70-51-54-73(88-61-45-39-33-27-21-15-9-3)76(67-70)91-64-48-42-36-30-24-18-12-6)58-56-81-78(84)69-50-53-72(87-60-44-38-32-26-20-14-8-2)75(66-69)90-63-47-41-35-29-23-17-11-5/h49-54,65-67H,7-48,55-64H2,1-6H3,(H,80,83)(H,81,84). The molecule has 0 aromatic heterocycles. The minimum absolute atomic E-state index is 0.171. The molecule has 0 aliphatic rings. The van der Waals surface area contributed by atoms with E-state index in [4.69, 9.17) is 28.4 Å². The first-order valence-electron chi connectivity index (χ1n) is 37.8. The maximum Gasteiger partial charge on any atom is 0.254 e. The lowest BCUT2D eigenvalue weighted by Crippen LogP contribution is -2.42. The molecule has 0 atom stereocenters. The van der Waals surface area contributed by atoms with Gasteiger partial charge in [-0.05, 0) is 93.1 Å². The van der Waals surface area contributed by atoms with Gasteiger partial charge in [0.05, 0.1) is 39.6 Å². The highest BCUT2D eigenvalue weighted by Gasteiger charge is 2.21. The van der Waals surface area contributed by atoms with Gasteiger partial charge >= 0.3 is 0 Å². The molecule has 3 aromatic rings. The molecular formula is C79H133N3O9. The monoisotopic (exact) mass is 1270 g/mol. The Hall–Kier alpha value is -5.13. The van der Waals surface area contributed by atoms with Gasteiger partial charge in [-0.15, -0.1) is 0 Å². The second kappa shape index (κ2) is 56.4. The molecule has 0 heterocycles. The topological polar surface area (TPSA) is 134 Å². The summed E-state index contributed by atoms with van der Waals surface area (Å²) >= 11 is 0. The van der Waals surface area contributed by atoms with Crippen molar-refractivity contribution >= 4 is 17.7 Å². The van der Waals surface area contributed by atoms with Gasteiger partial charge in [0.15, 0.2) is 34.5 Å². The van der Waals surface area contributed by atoms with E-state index >= 15 is 0 Å². The predicted octanol–water partition coefficient (Wildman–Crippen LogP) is 21.8. The Kier molecular flexibility index (Phi) is 49.7. The fourth-order valence-corrected chi connectivity index (χ4v) is 11.4. The van der Waals surface area contributed by atoms with Crippen molar-refractivity contribution in [2.24, 2.45) is 0 Å². The van der Waals surface area contributed by atoms with Crippen molar-refractivity contribution in [2.45, 2.75) is 311 Å². The molecule has 0 fully saturated rings. The van der Waals surface area contributed by atoms with Crippen LogP contribution in [-0.4, -0.2) is 88.4 Å². The van der Waals surface area contributed by atoms with Crippen LogP contribution in [0.1, 0.15) is 342 Å². The average molecular weight is 1270 g/mol. The second-order valence-electron chi connectivity index (χ2n) is 25.6. The molecule has 518 valence electrons. The number of hydrogen-bond donors (Lipinski definition) is 2. The zero-order valence-electron chi connectivity index (χ0n) is 59.1. The second-order valence-corrected chi connectivity index (χ2v) is 25.6. The molecule has 0 bridgehead atoms. The summed E-state index contributed by atoms with van der Waals surface area (Å²) in [7, 11) is 0. The van der Waals surface area contributed by atoms with Gasteiger partial charge in [0.2, 0.25) is 0 Å². The highest BCUT2D eigenvalue weighted by molar-refractivity contribution is 5.97. The quantitative estimate of drug-likeness (QED) is 0.0530. The van der Waals surface area contributed by atoms with E-state index < -0.39 is 0 Å². The van der Waals surface area contributed by atoms with Gasteiger partial charge in [-0.1, -0.05) is 273 Å². The minimum atomic E-state index is -0.275. The summed E-state index contributed by atoms with van der Waals surface area (Å²) in [5.41, 5.74) is 1.36. The highest BCUT2D eigenvalue weighted by atomic mass is 16.5. The van der Waals surface area contributed by atoms with Crippen LogP contribution in [0.15, 0.2) is 54.6 Å². The fourth-order valence-electron chi connectivity index (χ4n) is 11.4. The lowest BCUT2D eigenvalue weighted by Gasteiger charge is -2.24. The van der Waals surface area contributed by atoms with Crippen LogP contribution in [0, 0.1) is 0 Å². The van der Waals surface area contributed by atoms with Crippen molar-refractivity contribution in [3.05, 3.63) is 71.3 Å². The maximum absolute atomic E-state index is 14.9. The summed E-state index contributed by atoms with van der Waals surface area (Å²) in [6.45, 7) is 17.6. The lowest BCUT2D eigenvalue weighted by atomic mass is 10.1. The van der Waals surface area contributed by atoms with Crippen LogP contribution >= 0.6 is 0 Å². The van der Waals surface area contributed by atoms with Gasteiger partial charge in [0, 0.05) is 42.9 Å². The van der Waals surface area contributed by atoms with Crippen LogP contribution in [0.2, 0.25) is 0 Å². The zero-order chi connectivity index (χ0) is 65.3. The highest BCUT2D eigenvalue weighted by Crippen LogP contribution is 2.33. The van der Waals surface area contributed by atoms with Crippen LogP contribution in [-0.2, 0) is 0 Å². The van der Waals surface area contributed by atoms with E-state index in [1.165, 1.54) is 193 Å². The van der Waals surface area contributed by atoms with Crippen molar-refractivity contribution < 1.29 is 42.8 Å². The molecule has 3 amide bonds. The molecule has 0 saturated carbocycles. The van der Waals surface area contributed by atoms with Crippen LogP contribution in [0.4, 0.5) is 0 Å². The van der Waals surface area contributed by atoms with E-state index in [0.717, 1.165) is 77.0 Å². The minimum Gasteiger partial charge on any atom is -0.490 e. The summed E-state index contributed by atoms with van der Waals surface area (Å²) in [5, 5.41) is 6.21. The normalized spacial score (nSPS) is 11.2. The Morgan fingerprint density at radius 1 is 0.275 bits per heavy atom. The zero-order valence-corrected chi connectivity index (χ0v) is 59.1. The van der Waals surface area contributed by atoms with Crippen molar-refractivity contribution in [3.63, 3.8) is 0 Å². The number of benzene rings is 3. The molecule has 12 nitrogen and oxygen atoms in total. The molecule has 0 saturated heterocycles. The molecule has 2 N–H and O–H groups in total. The summed E-state index contributed by atoms with van der Waals surface area (Å²) in [4.78, 5) is 44.8. The van der Waals surface area contributed by atoms with Gasteiger partial charge in [-0.25, -0.2) is 0 Å². The Labute approximate surface area is 556 Å². The van der Waals surface area contributed by atoms with Gasteiger partial charge in [-0.2, -0.15) is 0 Å². The van der Waals surface area contributed by atoms with E-state index in [0.29, 0.717) is 90.8 Å². The molecule has 0 aliphatic heterocycles. The summed E-state index contributed by atoms with van der Waals surface area (Å²) in [6, 6.07) is 16.4. The molecule has 91 heavy (non-hydrogen) atoms. The van der Waals surface area contributed by atoms with E-state index in [9.17, 15) is 14.4 Å². The number of nitrogens with one attached hydrogen (secondary N) is 2. The van der Waals surface area contributed by atoms with Gasteiger partial charge in [0.1, 0.15) is 0 Å². The summed E-state index contributed by atoms with van der Waals surface area (Å²) < 4.78 is 38.3. The number of ether oxygens (including phenoxy) is 6. The number of carbonyl (C=O) groups excluding carboxylic acids is 3. The first-order chi connectivity index (χ1) is 44.8. The van der Waals surface area contributed by atoms with Crippen LogP contribution in [0.5, 0.6) is 34.5 Å². The number of amides is 3. The number of carbonyl (C=O) groups is 3. The number of rotatable bonds is 63. The van der Waals surface area contributed by atoms with Gasteiger partial charge in [0.25, 0.3) is 17.7 Å². The van der Waals surface area contributed by atoms with Crippen LogP contribution in [0.3, 0.4) is 0 Å². The van der Waals surface area contributed by atoms with Crippen LogP contribution < -0.4 is 39.1 Å². The summed E-state index contributed by atoms with van der Waals surface area (Å²) in [6.07, 6.45) is 49.6. The van der Waals surface area contributed by atoms with E-state index in [-0.39, 0.29) is 43.9 Å². The lowest BCUT2D eigenvalue weighted by molar-refractivity contribution is 0.0742. The Balaban J connectivity index is 1.86. The van der Waals surface area contributed by atoms with E-state index in [2.05, 4.69) is 52.2 Å². The first kappa shape index (κ1) is 80.1. The molecule has 0 unspecified atom stereocenters. The maximum atomic E-state index is 14.9. The molecule has 12 heteroatoms. The smallest absolute Gasteiger partial charge is 0.254 e. The Morgan fingerprint density at radius 2 is 0.484 bits per heavy atom. The Bertz CT molecular complexity index is 2150. The van der Waals surface area contributed by atoms with Crippen LogP contribution in [0.25, 0.3) is 0 Å². The third-order valence-corrected chi connectivity index (χ3v) is 17.3. The SMILES string of the molecule is CCCCCCCCCOc1ccc(C(=O)NCCN(CCNC(=O)c2ccc(OCCCCCCCCC)c(OCCCCCCCCC)c2)C(=O)c2ccc(OCCCCCCCCC)c(OCCCCCCCCC)c2)cc1OCCCCCCCCC. The van der Waals surface area contributed by atoms with Gasteiger partial charge in [-0.3, -0.25) is 14.4 Å². The molecule has 3 rings (SSSR count). The van der Waals surface area contributed by atoms with Crippen molar-refractivity contribution in [2.75, 3.05) is 65.8 Å². The van der Waals surface area contributed by atoms with Crippen molar-refractivity contribution in [1.29, 1.82) is 0 Å². The third kappa shape index (κ3) is 39.2. The molecule has 3 aromatic carbocycles. The number of hydrogen-bond acceptors (Lipinski definition) is 9. The Morgan fingerprint density at radius 3 is 0.736 bits per heavy atom. The summed E-state index contributed by atoms with van der Waals surface area (Å²) in [5.74, 6) is 2.86. The van der Waals surface area contributed by atoms with Gasteiger partial charge < -0.3 is 44.0 Å². The molecule has 0 spiro atoms. The molecule has 0 aliphatic carbocycles. The third-order valence-electron chi connectivity index (χ3n) is 17.3. The number of unbranched alkanes of at least 4 members (excludes halogenated alkanes) is 36. The number of nitrogens with zero attached hydrogens (tertiary/aromatic N) is 1. The van der Waals surface area contributed by atoms with Crippen molar-refractivity contribution in [3.8, 4) is 34.5 Å². The fraction of sp³-hybridized carbons (Fsp3) is 0.734. The van der Waals surface area contributed by atoms with Crippen molar-refractivity contribution in [1.82, 2.24) is 15.5 Å². The predicted molar refractivity (Wildman–Crippen MR) is 381 cm³/mol. The largest absolute Gasteiger partial charge is 0.490 e. The average Bonchev–Trinajstić information content (AvgIpc) is 1.30. The van der Waals surface area contributed by atoms with E-state index in [1.54, 1.807) is 29.2 Å². The van der Waals surface area contributed by atoms with E-state index in [1.807, 2.05) is 30.3 Å². The molecule has 0 radical (unpaired) electrons. The first-order valence-corrected chi connectivity index (χ1v) is 37.8.